The van der Waals surface area contributed by atoms with Crippen LogP contribution in [0.3, 0.4) is 0 Å². The van der Waals surface area contributed by atoms with Crippen molar-refractivity contribution < 1.29 is 19.4 Å². The number of hydrogen-bond donors (Lipinski definition) is 2. The number of ether oxygens (including phenoxy) is 1. The number of esters is 1. The largest absolute Gasteiger partial charge is 0.505 e. The molecule has 5 nitrogen and oxygen atoms in total. The minimum Gasteiger partial charge on any atom is -0.505 e. The lowest BCUT2D eigenvalue weighted by molar-refractivity contribution is -0.115. The zero-order valence-electron chi connectivity index (χ0n) is 9.20. The number of aromatic hydroxyl groups is 1. The molecule has 2 N–H and O–H groups in total. The van der Waals surface area contributed by atoms with Gasteiger partial charge in [0.05, 0.1) is 12.8 Å². The summed E-state index contributed by atoms with van der Waals surface area (Å²) in [6.07, 6.45) is 0.280. The van der Waals surface area contributed by atoms with Gasteiger partial charge in [-0.15, -0.1) is 0 Å². The van der Waals surface area contributed by atoms with Crippen LogP contribution in [0.5, 0.6) is 5.75 Å². The highest BCUT2D eigenvalue weighted by Gasteiger charge is 2.15. The van der Waals surface area contributed by atoms with Gasteiger partial charge in [-0.1, -0.05) is 22.0 Å². The molecule has 1 amide bonds. The lowest BCUT2D eigenvalue weighted by Gasteiger charge is -2.09. The summed E-state index contributed by atoms with van der Waals surface area (Å²) in [5, 5.41) is 12.8. The molecule has 0 unspecified atom stereocenters. The van der Waals surface area contributed by atoms with Gasteiger partial charge in [-0.05, 0) is 12.1 Å². The molecule has 0 spiro atoms. The molecule has 0 aliphatic rings. The number of methoxy groups -OCH3 is 1. The van der Waals surface area contributed by atoms with E-state index in [0.717, 1.165) is 0 Å². The Bertz CT molecular complexity index is 433. The van der Waals surface area contributed by atoms with E-state index >= 15 is 0 Å². The van der Waals surface area contributed by atoms with E-state index in [9.17, 15) is 14.7 Å². The van der Waals surface area contributed by atoms with Crippen molar-refractivity contribution in [2.75, 3.05) is 17.8 Å². The summed E-state index contributed by atoms with van der Waals surface area (Å²) in [5.41, 5.74) is 0.211. The van der Waals surface area contributed by atoms with Gasteiger partial charge >= 0.3 is 5.97 Å². The zero-order valence-corrected chi connectivity index (χ0v) is 10.8. The molecule has 92 valence electrons. The number of halogens is 1. The van der Waals surface area contributed by atoms with Gasteiger partial charge in [0, 0.05) is 11.8 Å². The Morgan fingerprint density at radius 1 is 1.47 bits per heavy atom. The van der Waals surface area contributed by atoms with Crippen molar-refractivity contribution in [3.05, 3.63) is 23.8 Å². The van der Waals surface area contributed by atoms with Gasteiger partial charge in [-0.2, -0.15) is 0 Å². The molecule has 0 aliphatic heterocycles. The fourth-order valence-electron chi connectivity index (χ4n) is 1.22. The minimum atomic E-state index is -0.654. The van der Waals surface area contributed by atoms with E-state index in [-0.39, 0.29) is 29.3 Å². The highest BCUT2D eigenvalue weighted by molar-refractivity contribution is 9.09. The van der Waals surface area contributed by atoms with Gasteiger partial charge < -0.3 is 15.2 Å². The average molecular weight is 302 g/mol. The average Bonchev–Trinajstić information content (AvgIpc) is 2.31. The Hall–Kier alpha value is -1.56. The maximum absolute atomic E-state index is 11.3. The first-order valence-corrected chi connectivity index (χ1v) is 5.98. The van der Waals surface area contributed by atoms with Gasteiger partial charge in [0.1, 0.15) is 5.56 Å². The van der Waals surface area contributed by atoms with Crippen molar-refractivity contribution >= 4 is 33.5 Å². The summed E-state index contributed by atoms with van der Waals surface area (Å²) >= 11 is 3.13. The molecule has 0 bridgehead atoms. The van der Waals surface area contributed by atoms with Crippen molar-refractivity contribution in [1.29, 1.82) is 0 Å². The number of hydrogen-bond acceptors (Lipinski definition) is 4. The second kappa shape index (κ2) is 6.24. The predicted molar refractivity (Wildman–Crippen MR) is 66.5 cm³/mol. The van der Waals surface area contributed by atoms with Crippen LogP contribution in [0, 0.1) is 0 Å². The third-order valence-corrected chi connectivity index (χ3v) is 2.43. The second-order valence-corrected chi connectivity index (χ2v) is 3.97. The Labute approximate surface area is 107 Å². The summed E-state index contributed by atoms with van der Waals surface area (Å²) in [6, 6.07) is 4.48. The van der Waals surface area contributed by atoms with E-state index in [1.165, 1.54) is 19.2 Å². The smallest absolute Gasteiger partial charge is 0.341 e. The summed E-state index contributed by atoms with van der Waals surface area (Å²) in [4.78, 5) is 22.6. The van der Waals surface area contributed by atoms with E-state index < -0.39 is 5.97 Å². The number of benzene rings is 1. The molecule has 17 heavy (non-hydrogen) atoms. The molecule has 1 aromatic carbocycles. The van der Waals surface area contributed by atoms with Crippen molar-refractivity contribution in [2.45, 2.75) is 6.42 Å². The Morgan fingerprint density at radius 2 is 2.18 bits per heavy atom. The van der Waals surface area contributed by atoms with E-state index in [4.69, 9.17) is 0 Å². The number of rotatable bonds is 4. The number of carbonyl (C=O) groups excluding carboxylic acids is 2. The SMILES string of the molecule is COC(=O)c1cccc(NC(=O)CCBr)c1O. The van der Waals surface area contributed by atoms with Crippen LogP contribution in [0.1, 0.15) is 16.8 Å². The first-order chi connectivity index (χ1) is 8.10. The van der Waals surface area contributed by atoms with Crippen LogP contribution in [-0.4, -0.2) is 29.4 Å². The number of para-hydroxylation sites is 1. The quantitative estimate of drug-likeness (QED) is 0.506. The van der Waals surface area contributed by atoms with Gasteiger partial charge in [0.15, 0.2) is 5.75 Å². The van der Waals surface area contributed by atoms with Crippen molar-refractivity contribution in [3.63, 3.8) is 0 Å². The zero-order chi connectivity index (χ0) is 12.8. The van der Waals surface area contributed by atoms with Crippen LogP contribution < -0.4 is 5.32 Å². The van der Waals surface area contributed by atoms with Crippen LogP contribution >= 0.6 is 15.9 Å². The van der Waals surface area contributed by atoms with E-state index in [0.29, 0.717) is 5.33 Å². The molecule has 0 saturated carbocycles. The van der Waals surface area contributed by atoms with E-state index in [1.807, 2.05) is 0 Å². The Balaban J connectivity index is 2.94. The van der Waals surface area contributed by atoms with Crippen LogP contribution in [0.15, 0.2) is 18.2 Å². The van der Waals surface area contributed by atoms with Crippen LogP contribution in [0.4, 0.5) is 5.69 Å². The normalized spacial score (nSPS) is 9.76. The molecule has 0 aliphatic carbocycles. The molecule has 0 heterocycles. The highest BCUT2D eigenvalue weighted by Crippen LogP contribution is 2.28. The van der Waals surface area contributed by atoms with Gasteiger partial charge in [-0.3, -0.25) is 4.79 Å². The van der Waals surface area contributed by atoms with Gasteiger partial charge in [-0.25, -0.2) is 4.79 Å². The monoisotopic (exact) mass is 301 g/mol. The number of amides is 1. The lowest BCUT2D eigenvalue weighted by Crippen LogP contribution is -2.12. The summed E-state index contributed by atoms with van der Waals surface area (Å²) in [7, 11) is 1.22. The van der Waals surface area contributed by atoms with Crippen molar-refractivity contribution in [2.24, 2.45) is 0 Å². The first-order valence-electron chi connectivity index (χ1n) is 4.86. The predicted octanol–water partition coefficient (Wildman–Crippen LogP) is 1.90. The number of anilines is 1. The van der Waals surface area contributed by atoms with Crippen LogP contribution in [0.2, 0.25) is 0 Å². The Morgan fingerprint density at radius 3 is 2.76 bits per heavy atom. The van der Waals surface area contributed by atoms with Crippen LogP contribution in [0.25, 0.3) is 0 Å². The molecule has 6 heteroatoms. The van der Waals surface area contributed by atoms with Crippen LogP contribution in [-0.2, 0) is 9.53 Å². The minimum absolute atomic E-state index is 0.0177. The maximum Gasteiger partial charge on any atom is 0.341 e. The summed E-state index contributed by atoms with van der Waals surface area (Å²) in [5.74, 6) is -1.19. The van der Waals surface area contributed by atoms with Gasteiger partial charge in [0.25, 0.3) is 0 Å². The topological polar surface area (TPSA) is 75.6 Å². The summed E-state index contributed by atoms with van der Waals surface area (Å²) < 4.78 is 4.51. The lowest BCUT2D eigenvalue weighted by atomic mass is 10.1. The first kappa shape index (κ1) is 13.5. The molecular formula is C11H12BrNO4. The Kier molecular flexibility index (Phi) is 4.96. The standard InChI is InChI=1S/C11H12BrNO4/c1-17-11(16)7-3-2-4-8(10(7)15)13-9(14)5-6-12/h2-4,15H,5-6H2,1H3,(H,13,14). The molecule has 1 aromatic rings. The molecular weight excluding hydrogens is 290 g/mol. The number of phenols is 1. The molecule has 1 rings (SSSR count). The fourth-order valence-corrected chi connectivity index (χ4v) is 1.58. The number of nitrogens with one attached hydrogen (secondary N) is 1. The molecule has 0 radical (unpaired) electrons. The van der Waals surface area contributed by atoms with E-state index in [2.05, 4.69) is 26.0 Å². The van der Waals surface area contributed by atoms with Crippen molar-refractivity contribution in [3.8, 4) is 5.75 Å². The molecule has 0 atom stereocenters. The van der Waals surface area contributed by atoms with Gasteiger partial charge in [0.2, 0.25) is 5.91 Å². The van der Waals surface area contributed by atoms with Crippen molar-refractivity contribution in [1.82, 2.24) is 0 Å². The number of alkyl halides is 1. The summed E-state index contributed by atoms with van der Waals surface area (Å²) in [6.45, 7) is 0. The second-order valence-electron chi connectivity index (χ2n) is 3.18. The maximum atomic E-state index is 11.3. The van der Waals surface area contributed by atoms with E-state index in [1.54, 1.807) is 6.07 Å². The number of carbonyl (C=O) groups is 2. The fraction of sp³-hybridized carbons (Fsp3) is 0.273. The highest BCUT2D eigenvalue weighted by atomic mass is 79.9. The third-order valence-electron chi connectivity index (χ3n) is 2.04. The molecule has 0 aromatic heterocycles. The third kappa shape index (κ3) is 3.45. The molecule has 0 fully saturated rings. The molecule has 0 saturated heterocycles. The number of phenolic OH excluding ortho intramolecular Hbond substituents is 1.